The molecule has 0 saturated carbocycles. The number of aliphatic hydroxyl groups excluding tert-OH is 1. The topological polar surface area (TPSA) is 41.3 Å². The van der Waals surface area contributed by atoms with E-state index in [1.165, 1.54) is 5.56 Å². The standard InChI is InChI=1S/C18H25N3O/c1-14(15-6-4-3-5-7-15)17(22)13-21-10-8-16(12-21)18-19-9-11-20(18)2/h3-7,9,11,14,16-17,22H,8,10,12-13H2,1-2H3. The zero-order valence-electron chi connectivity index (χ0n) is 13.4. The Balaban J connectivity index is 1.57. The maximum atomic E-state index is 10.5. The molecule has 3 unspecified atom stereocenters. The molecule has 118 valence electrons. The van der Waals surface area contributed by atoms with Gasteiger partial charge in [0.1, 0.15) is 5.82 Å². The molecule has 4 heteroatoms. The molecule has 3 atom stereocenters. The molecule has 1 aromatic carbocycles. The summed E-state index contributed by atoms with van der Waals surface area (Å²) >= 11 is 0. The molecule has 3 rings (SSSR count). The van der Waals surface area contributed by atoms with Gasteiger partial charge >= 0.3 is 0 Å². The maximum Gasteiger partial charge on any atom is 0.112 e. The van der Waals surface area contributed by atoms with Gasteiger partial charge < -0.3 is 9.67 Å². The van der Waals surface area contributed by atoms with Crippen LogP contribution in [0.1, 0.15) is 36.6 Å². The highest BCUT2D eigenvalue weighted by Crippen LogP contribution is 2.27. The van der Waals surface area contributed by atoms with Crippen LogP contribution < -0.4 is 0 Å². The second-order valence-electron chi connectivity index (χ2n) is 6.41. The van der Waals surface area contributed by atoms with Crippen LogP contribution in [0, 0.1) is 0 Å². The number of aromatic nitrogens is 2. The van der Waals surface area contributed by atoms with Gasteiger partial charge in [0.15, 0.2) is 0 Å². The fourth-order valence-electron chi connectivity index (χ4n) is 3.38. The fraction of sp³-hybridized carbons (Fsp3) is 0.500. The number of hydrogen-bond donors (Lipinski definition) is 1. The first-order valence-corrected chi connectivity index (χ1v) is 8.07. The molecule has 1 aliphatic rings. The van der Waals surface area contributed by atoms with E-state index in [1.807, 2.05) is 30.6 Å². The third kappa shape index (κ3) is 3.23. The van der Waals surface area contributed by atoms with Crippen molar-refractivity contribution >= 4 is 0 Å². The van der Waals surface area contributed by atoms with Crippen molar-refractivity contribution < 1.29 is 5.11 Å². The van der Waals surface area contributed by atoms with Crippen LogP contribution in [0.2, 0.25) is 0 Å². The van der Waals surface area contributed by atoms with E-state index in [4.69, 9.17) is 0 Å². The Hall–Kier alpha value is -1.65. The number of benzene rings is 1. The molecule has 2 heterocycles. The summed E-state index contributed by atoms with van der Waals surface area (Å²) in [7, 11) is 2.05. The normalized spacial score (nSPS) is 21.9. The molecule has 1 fully saturated rings. The van der Waals surface area contributed by atoms with Crippen molar-refractivity contribution in [1.82, 2.24) is 14.5 Å². The smallest absolute Gasteiger partial charge is 0.112 e. The maximum absolute atomic E-state index is 10.5. The van der Waals surface area contributed by atoms with E-state index in [-0.39, 0.29) is 12.0 Å². The van der Waals surface area contributed by atoms with E-state index in [9.17, 15) is 5.11 Å². The molecule has 0 aliphatic carbocycles. The first kappa shape index (κ1) is 15.3. The number of β-amino-alcohol motifs (C(OH)–C–C–N with tert-alkyl or cyclic N) is 1. The highest BCUT2D eigenvalue weighted by atomic mass is 16.3. The molecule has 1 saturated heterocycles. The second kappa shape index (κ2) is 6.63. The number of hydrogen-bond acceptors (Lipinski definition) is 3. The summed E-state index contributed by atoms with van der Waals surface area (Å²) in [5.74, 6) is 1.81. The Morgan fingerprint density at radius 2 is 2.09 bits per heavy atom. The second-order valence-corrected chi connectivity index (χ2v) is 6.41. The number of aryl methyl sites for hydroxylation is 1. The number of rotatable bonds is 5. The summed E-state index contributed by atoms with van der Waals surface area (Å²) in [5, 5.41) is 10.5. The van der Waals surface area contributed by atoms with Crippen molar-refractivity contribution in [3.63, 3.8) is 0 Å². The van der Waals surface area contributed by atoms with Gasteiger partial charge in [-0.15, -0.1) is 0 Å². The minimum atomic E-state index is -0.331. The molecule has 4 nitrogen and oxygen atoms in total. The van der Waals surface area contributed by atoms with Gasteiger partial charge in [-0.25, -0.2) is 4.98 Å². The summed E-state index contributed by atoms with van der Waals surface area (Å²) in [5.41, 5.74) is 1.20. The predicted molar refractivity (Wildman–Crippen MR) is 87.9 cm³/mol. The third-order valence-corrected chi connectivity index (χ3v) is 4.84. The van der Waals surface area contributed by atoms with E-state index in [2.05, 4.69) is 40.6 Å². The van der Waals surface area contributed by atoms with E-state index >= 15 is 0 Å². The van der Waals surface area contributed by atoms with Crippen molar-refractivity contribution in [3.05, 3.63) is 54.1 Å². The van der Waals surface area contributed by atoms with Crippen molar-refractivity contribution in [2.45, 2.75) is 31.3 Å². The molecular formula is C18H25N3O. The Morgan fingerprint density at radius 1 is 1.32 bits per heavy atom. The van der Waals surface area contributed by atoms with Gasteiger partial charge in [0.2, 0.25) is 0 Å². The van der Waals surface area contributed by atoms with Gasteiger partial charge in [0, 0.05) is 44.4 Å². The van der Waals surface area contributed by atoms with Crippen molar-refractivity contribution in [2.24, 2.45) is 7.05 Å². The first-order chi connectivity index (χ1) is 10.6. The van der Waals surface area contributed by atoms with Crippen LogP contribution in [0.15, 0.2) is 42.7 Å². The van der Waals surface area contributed by atoms with Crippen LogP contribution >= 0.6 is 0 Å². The lowest BCUT2D eigenvalue weighted by Crippen LogP contribution is -2.33. The van der Waals surface area contributed by atoms with Crippen molar-refractivity contribution in [3.8, 4) is 0 Å². The number of likely N-dealkylation sites (tertiary alicyclic amines) is 1. The number of aliphatic hydroxyl groups is 1. The van der Waals surface area contributed by atoms with E-state index < -0.39 is 0 Å². The molecule has 0 bridgehead atoms. The molecule has 22 heavy (non-hydrogen) atoms. The van der Waals surface area contributed by atoms with Crippen LogP contribution in [0.5, 0.6) is 0 Å². The summed E-state index contributed by atoms with van der Waals surface area (Å²) < 4.78 is 2.11. The van der Waals surface area contributed by atoms with Gasteiger partial charge in [-0.2, -0.15) is 0 Å². The largest absolute Gasteiger partial charge is 0.391 e. The third-order valence-electron chi connectivity index (χ3n) is 4.84. The summed E-state index contributed by atoms with van der Waals surface area (Å²) in [6, 6.07) is 10.3. The van der Waals surface area contributed by atoms with Crippen LogP contribution in [-0.4, -0.2) is 45.3 Å². The number of nitrogens with zero attached hydrogens (tertiary/aromatic N) is 3. The van der Waals surface area contributed by atoms with Crippen LogP contribution in [-0.2, 0) is 7.05 Å². The first-order valence-electron chi connectivity index (χ1n) is 8.07. The average Bonchev–Trinajstić information content (AvgIpc) is 3.16. The molecule has 1 aliphatic heterocycles. The summed E-state index contributed by atoms with van der Waals surface area (Å²) in [6.07, 6.45) is 4.66. The monoisotopic (exact) mass is 299 g/mol. The fourth-order valence-corrected chi connectivity index (χ4v) is 3.38. The number of imidazole rings is 1. The summed E-state index contributed by atoms with van der Waals surface area (Å²) in [6.45, 7) is 4.86. The van der Waals surface area contributed by atoms with Gasteiger partial charge in [-0.05, 0) is 18.5 Å². The lowest BCUT2D eigenvalue weighted by atomic mass is 9.95. The average molecular weight is 299 g/mol. The quantitative estimate of drug-likeness (QED) is 0.921. The SMILES string of the molecule is CC(c1ccccc1)C(O)CN1CCC(c2nccn2C)C1. The van der Waals surface area contributed by atoms with Gasteiger partial charge in [0.25, 0.3) is 0 Å². The predicted octanol–water partition coefficient (Wildman–Crippen LogP) is 2.37. The molecule has 0 radical (unpaired) electrons. The lowest BCUT2D eigenvalue weighted by molar-refractivity contribution is 0.104. The van der Waals surface area contributed by atoms with Gasteiger partial charge in [-0.3, -0.25) is 4.90 Å². The molecular weight excluding hydrogens is 274 g/mol. The van der Waals surface area contributed by atoms with Crippen LogP contribution in [0.4, 0.5) is 0 Å². The van der Waals surface area contributed by atoms with Crippen molar-refractivity contribution in [1.29, 1.82) is 0 Å². The zero-order valence-corrected chi connectivity index (χ0v) is 13.4. The Bertz CT molecular complexity index is 595. The minimum Gasteiger partial charge on any atom is -0.391 e. The van der Waals surface area contributed by atoms with E-state index in [1.54, 1.807) is 0 Å². The lowest BCUT2D eigenvalue weighted by Gasteiger charge is -2.25. The highest BCUT2D eigenvalue weighted by molar-refractivity contribution is 5.20. The Morgan fingerprint density at radius 3 is 2.77 bits per heavy atom. The van der Waals surface area contributed by atoms with Gasteiger partial charge in [0.05, 0.1) is 6.10 Å². The minimum absolute atomic E-state index is 0.161. The Labute approximate surface area is 132 Å². The van der Waals surface area contributed by atoms with E-state index in [0.29, 0.717) is 5.92 Å². The van der Waals surface area contributed by atoms with Crippen LogP contribution in [0.3, 0.4) is 0 Å². The highest BCUT2D eigenvalue weighted by Gasteiger charge is 2.29. The van der Waals surface area contributed by atoms with Crippen LogP contribution in [0.25, 0.3) is 0 Å². The van der Waals surface area contributed by atoms with Gasteiger partial charge in [-0.1, -0.05) is 37.3 Å². The van der Waals surface area contributed by atoms with E-state index in [0.717, 1.165) is 31.9 Å². The molecule has 1 N–H and O–H groups in total. The zero-order chi connectivity index (χ0) is 15.5. The molecule has 0 spiro atoms. The Kier molecular flexibility index (Phi) is 4.60. The molecule has 1 aromatic heterocycles. The van der Waals surface area contributed by atoms with Crippen molar-refractivity contribution in [2.75, 3.05) is 19.6 Å². The molecule has 2 aromatic rings. The molecule has 0 amide bonds. The summed E-state index contributed by atoms with van der Waals surface area (Å²) in [4.78, 5) is 6.83.